The zero-order valence-corrected chi connectivity index (χ0v) is 8.19. The van der Waals surface area contributed by atoms with Crippen LogP contribution in [-0.4, -0.2) is 25.3 Å². The highest BCUT2D eigenvalue weighted by molar-refractivity contribution is 6.33. The second-order valence-electron chi connectivity index (χ2n) is 2.74. The molecule has 15 heavy (non-hydrogen) atoms. The molecule has 1 heterocycles. The molecular weight excluding hydrogens is 223 g/mol. The van der Waals surface area contributed by atoms with E-state index in [0.29, 0.717) is 0 Å². The number of tetrazole rings is 1. The quantitative estimate of drug-likeness (QED) is 0.849. The summed E-state index contributed by atoms with van der Waals surface area (Å²) in [5.41, 5.74) is 0.249. The average molecular weight is 229 g/mol. The molecule has 0 aliphatic heterocycles. The van der Waals surface area contributed by atoms with Crippen molar-refractivity contribution in [2.24, 2.45) is 0 Å². The third-order valence-corrected chi connectivity index (χ3v) is 2.09. The summed E-state index contributed by atoms with van der Waals surface area (Å²) in [5.74, 6) is 0.0247. The molecule has 0 spiro atoms. The Balaban J connectivity index is 2.53. The lowest BCUT2D eigenvalue weighted by molar-refractivity contribution is 0.314. The van der Waals surface area contributed by atoms with E-state index in [-0.39, 0.29) is 22.2 Å². The Morgan fingerprint density at radius 2 is 2.27 bits per heavy atom. The Morgan fingerprint density at radius 3 is 2.87 bits per heavy atom. The van der Waals surface area contributed by atoms with Crippen LogP contribution in [0.2, 0.25) is 5.02 Å². The van der Waals surface area contributed by atoms with Crippen molar-refractivity contribution in [3.8, 4) is 17.1 Å². The fraction of sp³-hybridized carbons (Fsp3) is 0.125. The largest absolute Gasteiger partial charge is 0.507 e. The van der Waals surface area contributed by atoms with Gasteiger partial charge in [0, 0.05) is 0 Å². The Kier molecular flexibility index (Phi) is 2.51. The van der Waals surface area contributed by atoms with Gasteiger partial charge in [-0.15, -0.1) is 15.0 Å². The zero-order chi connectivity index (χ0) is 10.8. The second kappa shape index (κ2) is 3.82. The van der Waals surface area contributed by atoms with Gasteiger partial charge in [0.15, 0.2) is 0 Å². The first kappa shape index (κ1) is 9.85. The average Bonchev–Trinajstić information content (AvgIpc) is 2.66. The van der Waals surface area contributed by atoms with Crippen LogP contribution >= 0.6 is 11.6 Å². The molecule has 0 radical (unpaired) electrons. The smallest absolute Gasteiger partial charge is 0.210 e. The number of rotatable bonds is 2. The van der Waals surface area contributed by atoms with Crippen molar-refractivity contribution >= 4 is 11.6 Å². The van der Waals surface area contributed by atoms with E-state index in [2.05, 4.69) is 15.4 Å². The van der Waals surface area contributed by atoms with Gasteiger partial charge in [-0.3, -0.25) is 0 Å². The number of nitrogens with zero attached hydrogens (tertiary/aromatic N) is 4. The van der Waals surface area contributed by atoms with Crippen LogP contribution in [0.3, 0.4) is 0 Å². The van der Waals surface area contributed by atoms with E-state index in [0.717, 1.165) is 4.80 Å². The lowest BCUT2D eigenvalue weighted by Crippen LogP contribution is -1.97. The second-order valence-corrected chi connectivity index (χ2v) is 3.15. The highest BCUT2D eigenvalue weighted by Crippen LogP contribution is 2.32. The summed E-state index contributed by atoms with van der Waals surface area (Å²) in [7, 11) is 0. The number of aromatic hydroxyl groups is 1. The molecule has 0 unspecified atom stereocenters. The predicted molar refractivity (Wildman–Crippen MR) is 51.0 cm³/mol. The van der Waals surface area contributed by atoms with Gasteiger partial charge in [-0.25, -0.2) is 4.39 Å². The van der Waals surface area contributed by atoms with E-state index < -0.39 is 6.80 Å². The number of hydrogen-bond acceptors (Lipinski definition) is 4. The van der Waals surface area contributed by atoms with Crippen LogP contribution < -0.4 is 0 Å². The molecule has 78 valence electrons. The number of halogens is 2. The fourth-order valence-electron chi connectivity index (χ4n) is 1.13. The molecule has 1 aromatic heterocycles. The van der Waals surface area contributed by atoms with Crippen molar-refractivity contribution in [1.29, 1.82) is 0 Å². The van der Waals surface area contributed by atoms with Crippen LogP contribution in [0.1, 0.15) is 0 Å². The molecule has 2 aromatic rings. The summed E-state index contributed by atoms with van der Waals surface area (Å²) >= 11 is 5.85. The lowest BCUT2D eigenvalue weighted by atomic mass is 10.2. The monoisotopic (exact) mass is 228 g/mol. The van der Waals surface area contributed by atoms with Gasteiger partial charge < -0.3 is 5.11 Å². The lowest BCUT2D eigenvalue weighted by Gasteiger charge is -2.00. The summed E-state index contributed by atoms with van der Waals surface area (Å²) in [6, 6.07) is 4.60. The fourth-order valence-corrected chi connectivity index (χ4v) is 1.38. The number of hydrogen-bond donors (Lipinski definition) is 1. The van der Waals surface area contributed by atoms with Gasteiger partial charge in [-0.1, -0.05) is 17.7 Å². The zero-order valence-electron chi connectivity index (χ0n) is 7.43. The molecule has 5 nitrogen and oxygen atoms in total. The predicted octanol–water partition coefficient (Wildman–Crippen LogP) is 1.63. The maximum absolute atomic E-state index is 12.2. The molecule has 0 saturated heterocycles. The van der Waals surface area contributed by atoms with Gasteiger partial charge in [-0.2, -0.15) is 0 Å². The van der Waals surface area contributed by atoms with E-state index in [4.69, 9.17) is 11.6 Å². The third-order valence-electron chi connectivity index (χ3n) is 1.77. The van der Waals surface area contributed by atoms with E-state index in [1.807, 2.05) is 0 Å². The number of alkyl halides is 1. The molecule has 0 aliphatic rings. The SMILES string of the molecule is Oc1cccc(Cl)c1-c1nnn(CF)n1. The maximum Gasteiger partial charge on any atom is 0.210 e. The summed E-state index contributed by atoms with van der Waals surface area (Å²) in [5, 5.41) is 20.5. The summed E-state index contributed by atoms with van der Waals surface area (Å²) in [6.45, 7) is -0.877. The minimum Gasteiger partial charge on any atom is -0.507 e. The first-order chi connectivity index (χ1) is 7.22. The Bertz CT molecular complexity index is 467. The highest BCUT2D eigenvalue weighted by Gasteiger charge is 2.14. The van der Waals surface area contributed by atoms with Crippen molar-refractivity contribution in [1.82, 2.24) is 20.2 Å². The van der Waals surface area contributed by atoms with Gasteiger partial charge in [0.2, 0.25) is 12.6 Å². The Morgan fingerprint density at radius 1 is 1.47 bits per heavy atom. The molecule has 0 atom stereocenters. The van der Waals surface area contributed by atoms with Crippen LogP contribution in [-0.2, 0) is 6.80 Å². The Hall–Kier alpha value is -1.69. The van der Waals surface area contributed by atoms with E-state index in [1.54, 1.807) is 12.1 Å². The van der Waals surface area contributed by atoms with Crippen molar-refractivity contribution in [2.75, 3.05) is 0 Å². The minimum atomic E-state index is -0.877. The van der Waals surface area contributed by atoms with Gasteiger partial charge in [0.05, 0.1) is 10.6 Å². The summed E-state index contributed by atoms with van der Waals surface area (Å²) in [6.07, 6.45) is 0. The van der Waals surface area contributed by atoms with Gasteiger partial charge in [0.25, 0.3) is 0 Å². The molecule has 0 amide bonds. The first-order valence-electron chi connectivity index (χ1n) is 4.04. The van der Waals surface area contributed by atoms with Gasteiger partial charge in [-0.05, 0) is 17.3 Å². The van der Waals surface area contributed by atoms with E-state index in [1.165, 1.54) is 6.07 Å². The molecule has 0 aliphatic carbocycles. The summed E-state index contributed by atoms with van der Waals surface area (Å²) in [4.78, 5) is 0.762. The van der Waals surface area contributed by atoms with Crippen molar-refractivity contribution < 1.29 is 9.50 Å². The van der Waals surface area contributed by atoms with Gasteiger partial charge >= 0.3 is 0 Å². The van der Waals surface area contributed by atoms with Crippen molar-refractivity contribution in [3.63, 3.8) is 0 Å². The molecule has 7 heteroatoms. The Labute approximate surface area is 89.1 Å². The first-order valence-corrected chi connectivity index (χ1v) is 4.42. The van der Waals surface area contributed by atoms with Crippen LogP contribution in [0.25, 0.3) is 11.4 Å². The molecule has 0 fully saturated rings. The van der Waals surface area contributed by atoms with Crippen molar-refractivity contribution in [2.45, 2.75) is 6.80 Å². The van der Waals surface area contributed by atoms with Crippen LogP contribution in [0.4, 0.5) is 4.39 Å². The normalized spacial score (nSPS) is 10.5. The molecule has 2 rings (SSSR count). The topological polar surface area (TPSA) is 63.8 Å². The van der Waals surface area contributed by atoms with Crippen molar-refractivity contribution in [3.05, 3.63) is 23.2 Å². The number of benzene rings is 1. The standard InChI is InChI=1S/C8H6ClFN4O/c9-5-2-1-3-6(15)7(5)8-11-13-14(4-10)12-8/h1-3,15H,4H2. The molecule has 1 N–H and O–H groups in total. The molecule has 0 bridgehead atoms. The van der Waals surface area contributed by atoms with Crippen LogP contribution in [0.15, 0.2) is 18.2 Å². The van der Waals surface area contributed by atoms with Crippen LogP contribution in [0.5, 0.6) is 5.75 Å². The molecule has 0 saturated carbocycles. The van der Waals surface area contributed by atoms with E-state index in [9.17, 15) is 9.50 Å². The minimum absolute atomic E-state index is 0.0686. The maximum atomic E-state index is 12.2. The van der Waals surface area contributed by atoms with Gasteiger partial charge in [0.1, 0.15) is 5.75 Å². The third kappa shape index (κ3) is 1.75. The molecular formula is C8H6ClFN4O. The number of phenolic OH excluding ortho intramolecular Hbond substituents is 1. The summed E-state index contributed by atoms with van der Waals surface area (Å²) < 4.78 is 12.2. The molecule has 1 aromatic carbocycles. The number of aromatic nitrogens is 4. The number of phenols is 1. The van der Waals surface area contributed by atoms with E-state index >= 15 is 0 Å². The highest BCUT2D eigenvalue weighted by atomic mass is 35.5. The van der Waals surface area contributed by atoms with Crippen LogP contribution in [0, 0.1) is 0 Å².